The van der Waals surface area contributed by atoms with E-state index < -0.39 is 5.97 Å². The van der Waals surface area contributed by atoms with E-state index in [1.165, 1.54) is 25.7 Å². The number of aliphatic carboxylic acids is 1. The molecule has 0 aromatic rings. The number of carbonyl (C=O) groups excluding carboxylic acids is 1. The van der Waals surface area contributed by atoms with Crippen LogP contribution in [0.4, 0.5) is 0 Å². The molecule has 4 fully saturated rings. The number of rotatable bonds is 6. The maximum atomic E-state index is 12.0. The summed E-state index contributed by atoms with van der Waals surface area (Å²) in [6.45, 7) is 6.83. The normalized spacial score (nSPS) is 46.5. The fraction of sp³-hybridized carbons (Fsp3) is 0.923. The Morgan fingerprint density at radius 3 is 2.38 bits per heavy atom. The molecule has 5 unspecified atom stereocenters. The van der Waals surface area contributed by atoms with Crippen LogP contribution in [0, 0.1) is 46.3 Å². The Bertz CT molecular complexity index is 727. The highest BCUT2D eigenvalue weighted by atomic mass is 16.4. The molecule has 4 N–H and O–H groups in total. The van der Waals surface area contributed by atoms with Crippen LogP contribution in [0.2, 0.25) is 0 Å². The van der Waals surface area contributed by atoms with Gasteiger partial charge in [-0.15, -0.1) is 0 Å². The van der Waals surface area contributed by atoms with Gasteiger partial charge in [0.05, 0.1) is 12.2 Å². The summed E-state index contributed by atoms with van der Waals surface area (Å²) in [5, 5.41) is 32.6. The Balaban J connectivity index is 1.43. The summed E-state index contributed by atoms with van der Waals surface area (Å²) in [4.78, 5) is 22.7. The molecule has 0 aliphatic heterocycles. The lowest BCUT2D eigenvalue weighted by Crippen LogP contribution is -2.58. The minimum absolute atomic E-state index is 0.148. The lowest BCUT2D eigenvalue weighted by Gasteiger charge is -2.62. The molecule has 6 nitrogen and oxygen atoms in total. The van der Waals surface area contributed by atoms with E-state index in [1.807, 2.05) is 0 Å². The van der Waals surface area contributed by atoms with Gasteiger partial charge in [-0.1, -0.05) is 20.8 Å². The van der Waals surface area contributed by atoms with Crippen molar-refractivity contribution >= 4 is 11.9 Å². The van der Waals surface area contributed by atoms with Crippen molar-refractivity contribution in [2.24, 2.45) is 46.3 Å². The summed E-state index contributed by atoms with van der Waals surface area (Å²) in [7, 11) is 0. The lowest BCUT2D eigenvalue weighted by molar-refractivity contribution is -0.172. The second-order valence-electron chi connectivity index (χ2n) is 12.1. The predicted molar refractivity (Wildman–Crippen MR) is 122 cm³/mol. The fourth-order valence-electron chi connectivity index (χ4n) is 9.08. The van der Waals surface area contributed by atoms with Crippen LogP contribution in [0.15, 0.2) is 0 Å². The van der Waals surface area contributed by atoms with E-state index in [0.717, 1.165) is 32.1 Å². The van der Waals surface area contributed by atoms with Gasteiger partial charge in [0.25, 0.3) is 0 Å². The van der Waals surface area contributed by atoms with E-state index in [0.29, 0.717) is 36.0 Å². The van der Waals surface area contributed by atoms with Crippen LogP contribution >= 0.6 is 0 Å². The number of carbonyl (C=O) groups is 2. The first-order valence-corrected chi connectivity index (χ1v) is 12.9. The van der Waals surface area contributed by atoms with E-state index in [2.05, 4.69) is 26.1 Å². The first-order chi connectivity index (χ1) is 15.1. The van der Waals surface area contributed by atoms with Crippen LogP contribution in [0.5, 0.6) is 0 Å². The number of aliphatic hydroxyl groups is 2. The first-order valence-electron chi connectivity index (χ1n) is 12.9. The number of amides is 1. The van der Waals surface area contributed by atoms with Crippen LogP contribution in [0.3, 0.4) is 0 Å². The molecular formula is C26H43NO5. The van der Waals surface area contributed by atoms with Crippen molar-refractivity contribution in [1.82, 2.24) is 5.32 Å². The van der Waals surface area contributed by atoms with Crippen molar-refractivity contribution in [3.8, 4) is 0 Å². The van der Waals surface area contributed by atoms with Gasteiger partial charge in [0.1, 0.15) is 6.54 Å². The van der Waals surface area contributed by atoms with Crippen molar-refractivity contribution in [2.75, 3.05) is 6.54 Å². The van der Waals surface area contributed by atoms with Crippen molar-refractivity contribution < 1.29 is 24.9 Å². The zero-order valence-corrected chi connectivity index (χ0v) is 20.1. The minimum atomic E-state index is -1.01. The number of aliphatic hydroxyl groups excluding tert-OH is 2. The molecule has 0 radical (unpaired) electrons. The molecule has 0 spiro atoms. The first kappa shape index (κ1) is 24.0. The molecule has 1 amide bonds. The number of carboxylic acid groups (broad SMARTS) is 1. The molecule has 0 bridgehead atoms. The Kier molecular flexibility index (Phi) is 6.68. The van der Waals surface area contributed by atoms with E-state index >= 15 is 0 Å². The summed E-state index contributed by atoms with van der Waals surface area (Å²) in [6.07, 6.45) is 9.03. The minimum Gasteiger partial charge on any atom is -0.480 e. The Morgan fingerprint density at radius 2 is 1.66 bits per heavy atom. The van der Waals surface area contributed by atoms with Gasteiger partial charge in [-0.25, -0.2) is 0 Å². The van der Waals surface area contributed by atoms with E-state index in [4.69, 9.17) is 5.11 Å². The third-order valence-corrected chi connectivity index (χ3v) is 10.7. The highest BCUT2D eigenvalue weighted by molar-refractivity contribution is 5.81. The molecular weight excluding hydrogens is 406 g/mol. The molecule has 32 heavy (non-hydrogen) atoms. The maximum absolute atomic E-state index is 12.0. The molecule has 0 aromatic heterocycles. The van der Waals surface area contributed by atoms with Gasteiger partial charge < -0.3 is 20.6 Å². The monoisotopic (exact) mass is 449 g/mol. The fourth-order valence-corrected chi connectivity index (χ4v) is 9.08. The van der Waals surface area contributed by atoms with Crippen molar-refractivity contribution in [3.63, 3.8) is 0 Å². The average molecular weight is 450 g/mol. The number of nitrogens with one attached hydrogen (secondary N) is 1. The molecule has 6 heteroatoms. The van der Waals surface area contributed by atoms with Crippen LogP contribution in [-0.2, 0) is 9.59 Å². The standard InChI is InChI=1S/C26H43NO5/c1-15(4-7-23(30)27-14-24(31)32)18-5-6-19-17-13-22(29)21-12-16(28)8-10-26(21,3)20(17)9-11-25(18,19)2/h15-22,28-29H,4-14H2,1-3H3,(H,27,30)(H,31,32)/t15?,16-,17?,18?,19?,20?,21+,22+,25-,26-/m1/s1. The van der Waals surface area contributed by atoms with Gasteiger partial charge in [0, 0.05) is 6.42 Å². The lowest BCUT2D eigenvalue weighted by atomic mass is 9.44. The zero-order valence-electron chi connectivity index (χ0n) is 20.1. The van der Waals surface area contributed by atoms with Crippen LogP contribution < -0.4 is 5.32 Å². The Hall–Kier alpha value is -1.14. The van der Waals surface area contributed by atoms with Crippen LogP contribution in [-0.4, -0.2) is 45.9 Å². The molecule has 0 saturated heterocycles. The predicted octanol–water partition coefficient (Wildman–Crippen LogP) is 3.59. The molecule has 4 saturated carbocycles. The maximum Gasteiger partial charge on any atom is 0.322 e. The second-order valence-corrected chi connectivity index (χ2v) is 12.1. The van der Waals surface area contributed by atoms with Gasteiger partial charge in [-0.05, 0) is 104 Å². The molecule has 182 valence electrons. The molecule has 0 aromatic carbocycles. The summed E-state index contributed by atoms with van der Waals surface area (Å²) in [6, 6.07) is 0. The van der Waals surface area contributed by atoms with E-state index in [1.54, 1.807) is 0 Å². The van der Waals surface area contributed by atoms with Gasteiger partial charge in [-0.3, -0.25) is 9.59 Å². The zero-order chi connectivity index (χ0) is 23.3. The average Bonchev–Trinajstić information content (AvgIpc) is 3.09. The van der Waals surface area contributed by atoms with Gasteiger partial charge in [-0.2, -0.15) is 0 Å². The topological polar surface area (TPSA) is 107 Å². The van der Waals surface area contributed by atoms with Crippen molar-refractivity contribution in [1.29, 1.82) is 0 Å². The quantitative estimate of drug-likeness (QED) is 0.496. The molecule has 4 aliphatic carbocycles. The number of hydrogen-bond donors (Lipinski definition) is 4. The van der Waals surface area contributed by atoms with Crippen molar-refractivity contribution in [3.05, 3.63) is 0 Å². The van der Waals surface area contributed by atoms with Crippen molar-refractivity contribution in [2.45, 2.75) is 97.2 Å². The summed E-state index contributed by atoms with van der Waals surface area (Å²) in [5.41, 5.74) is 0.407. The molecule has 4 rings (SSSR count). The van der Waals surface area contributed by atoms with Gasteiger partial charge in [0.2, 0.25) is 5.91 Å². The molecule has 0 heterocycles. The summed E-state index contributed by atoms with van der Waals surface area (Å²) in [5.74, 6) is 1.92. The Labute approximate surface area is 192 Å². The highest BCUT2D eigenvalue weighted by Gasteiger charge is 2.62. The third-order valence-electron chi connectivity index (χ3n) is 10.7. The highest BCUT2D eigenvalue weighted by Crippen LogP contribution is 2.68. The molecule has 10 atom stereocenters. The second kappa shape index (κ2) is 8.90. The smallest absolute Gasteiger partial charge is 0.322 e. The van der Waals surface area contributed by atoms with E-state index in [-0.39, 0.29) is 41.4 Å². The van der Waals surface area contributed by atoms with Crippen LogP contribution in [0.1, 0.15) is 85.0 Å². The largest absolute Gasteiger partial charge is 0.480 e. The third kappa shape index (κ3) is 4.11. The van der Waals surface area contributed by atoms with Gasteiger partial charge in [0.15, 0.2) is 0 Å². The summed E-state index contributed by atoms with van der Waals surface area (Å²) < 4.78 is 0. The molecule has 4 aliphatic rings. The summed E-state index contributed by atoms with van der Waals surface area (Å²) >= 11 is 0. The number of carboxylic acids is 1. The Morgan fingerprint density at radius 1 is 0.969 bits per heavy atom. The number of hydrogen-bond acceptors (Lipinski definition) is 4. The number of fused-ring (bicyclic) bond motifs is 5. The van der Waals surface area contributed by atoms with Gasteiger partial charge >= 0.3 is 5.97 Å². The SMILES string of the molecule is CC(CCC(=O)NCC(=O)O)C1CCC2C3C[C@H](O)[C@@H]4C[C@H](O)CC[C@]4(C)C3CC[C@]12C. The van der Waals surface area contributed by atoms with Crippen LogP contribution in [0.25, 0.3) is 0 Å². The van der Waals surface area contributed by atoms with E-state index in [9.17, 15) is 19.8 Å².